The van der Waals surface area contributed by atoms with Crippen LogP contribution in [0, 0.1) is 13.8 Å². The van der Waals surface area contributed by atoms with Crippen LogP contribution in [0.2, 0.25) is 5.02 Å². The average molecular weight is 492 g/mol. The number of carbonyl (C=O) groups excluding carboxylic acids is 1. The first kappa shape index (κ1) is 22.0. The van der Waals surface area contributed by atoms with Crippen LogP contribution < -0.4 is 10.9 Å². The molecule has 2 aromatic carbocycles. The standard InChI is InChI=1S/C24H18ClN5O3S/c1-13-8-9-17(16(25)10-13)27-18(31)11-30-12-26-23-19(24(30)32)14(2)20(34-23)22-28-21(29-33-22)15-6-4-3-5-7-15/h3-10,12H,11H2,1-2H3,(H,27,31). The van der Waals surface area contributed by atoms with Crippen molar-refractivity contribution in [2.24, 2.45) is 0 Å². The van der Waals surface area contributed by atoms with Crippen LogP contribution >= 0.6 is 22.9 Å². The highest BCUT2D eigenvalue weighted by atomic mass is 35.5. The summed E-state index contributed by atoms with van der Waals surface area (Å²) in [5.41, 5.74) is 2.65. The fourth-order valence-corrected chi connectivity index (χ4v) is 4.91. The van der Waals surface area contributed by atoms with Gasteiger partial charge < -0.3 is 9.84 Å². The lowest BCUT2D eigenvalue weighted by Gasteiger charge is -2.09. The van der Waals surface area contributed by atoms with E-state index in [1.54, 1.807) is 19.1 Å². The molecular formula is C24H18ClN5O3S. The molecule has 0 fully saturated rings. The molecule has 0 bridgehead atoms. The molecule has 1 N–H and O–H groups in total. The van der Waals surface area contributed by atoms with Gasteiger partial charge in [0, 0.05) is 5.56 Å². The lowest BCUT2D eigenvalue weighted by atomic mass is 10.2. The first-order chi connectivity index (χ1) is 16.4. The number of amides is 1. The van der Waals surface area contributed by atoms with E-state index in [0.29, 0.717) is 43.1 Å². The Hall–Kier alpha value is -3.82. The Kier molecular flexibility index (Phi) is 5.72. The molecule has 5 aromatic rings. The number of aryl methyl sites for hydroxylation is 2. The van der Waals surface area contributed by atoms with Crippen LogP contribution in [-0.2, 0) is 11.3 Å². The van der Waals surface area contributed by atoms with Gasteiger partial charge in [0.05, 0.1) is 27.3 Å². The minimum atomic E-state index is -0.383. The van der Waals surface area contributed by atoms with Gasteiger partial charge in [-0.1, -0.05) is 53.2 Å². The van der Waals surface area contributed by atoms with E-state index in [2.05, 4.69) is 20.4 Å². The Morgan fingerprint density at radius 1 is 1.18 bits per heavy atom. The van der Waals surface area contributed by atoms with Crippen molar-refractivity contribution in [3.8, 4) is 22.2 Å². The van der Waals surface area contributed by atoms with E-state index in [0.717, 1.165) is 11.1 Å². The molecule has 0 saturated heterocycles. The number of hydrogen-bond acceptors (Lipinski definition) is 7. The summed E-state index contributed by atoms with van der Waals surface area (Å²) in [6.45, 7) is 3.52. The Morgan fingerprint density at radius 2 is 1.97 bits per heavy atom. The number of anilines is 1. The van der Waals surface area contributed by atoms with E-state index in [-0.39, 0.29) is 18.0 Å². The number of benzene rings is 2. The molecule has 0 saturated carbocycles. The van der Waals surface area contributed by atoms with Crippen molar-refractivity contribution in [2.75, 3.05) is 5.32 Å². The SMILES string of the molecule is Cc1ccc(NC(=O)Cn2cnc3sc(-c4nc(-c5ccccc5)no4)c(C)c3c2=O)c(Cl)c1. The predicted octanol–water partition coefficient (Wildman–Crippen LogP) is 5.08. The number of nitrogens with one attached hydrogen (secondary N) is 1. The Bertz CT molecular complexity index is 1590. The van der Waals surface area contributed by atoms with Crippen molar-refractivity contribution in [3.63, 3.8) is 0 Å². The summed E-state index contributed by atoms with van der Waals surface area (Å²) in [5, 5.41) is 7.65. The summed E-state index contributed by atoms with van der Waals surface area (Å²) in [6, 6.07) is 14.8. The molecule has 170 valence electrons. The summed E-state index contributed by atoms with van der Waals surface area (Å²) in [4.78, 5) is 35.8. The highest BCUT2D eigenvalue weighted by Gasteiger charge is 2.21. The molecular weight excluding hydrogens is 474 g/mol. The van der Waals surface area contributed by atoms with Crippen molar-refractivity contribution >= 4 is 44.7 Å². The third kappa shape index (κ3) is 4.11. The highest BCUT2D eigenvalue weighted by Crippen LogP contribution is 2.35. The third-order valence-corrected chi connectivity index (χ3v) is 6.78. The maximum absolute atomic E-state index is 13.2. The maximum atomic E-state index is 13.2. The maximum Gasteiger partial charge on any atom is 0.268 e. The summed E-state index contributed by atoms with van der Waals surface area (Å²) in [7, 11) is 0. The van der Waals surface area contributed by atoms with Crippen LogP contribution in [0.3, 0.4) is 0 Å². The molecule has 0 aliphatic rings. The Balaban J connectivity index is 1.44. The van der Waals surface area contributed by atoms with Gasteiger partial charge in [0.15, 0.2) is 0 Å². The second-order valence-corrected chi connectivity index (χ2v) is 9.14. The minimum Gasteiger partial charge on any atom is -0.333 e. The van der Waals surface area contributed by atoms with E-state index >= 15 is 0 Å². The Labute approximate surface area is 202 Å². The fourth-order valence-electron chi connectivity index (χ4n) is 3.56. The molecule has 0 aliphatic heterocycles. The molecule has 3 aromatic heterocycles. The van der Waals surface area contributed by atoms with Crippen LogP contribution in [0.25, 0.3) is 32.4 Å². The van der Waals surface area contributed by atoms with Gasteiger partial charge >= 0.3 is 0 Å². The van der Waals surface area contributed by atoms with Gasteiger partial charge in [-0.05, 0) is 37.1 Å². The van der Waals surface area contributed by atoms with Crippen LogP contribution in [0.5, 0.6) is 0 Å². The molecule has 5 rings (SSSR count). The largest absolute Gasteiger partial charge is 0.333 e. The first-order valence-electron chi connectivity index (χ1n) is 10.3. The topological polar surface area (TPSA) is 103 Å². The number of nitrogens with zero attached hydrogens (tertiary/aromatic N) is 4. The number of halogens is 1. The fraction of sp³-hybridized carbons (Fsp3) is 0.125. The van der Waals surface area contributed by atoms with Gasteiger partial charge in [0.2, 0.25) is 11.7 Å². The van der Waals surface area contributed by atoms with Crippen LogP contribution in [0.1, 0.15) is 11.1 Å². The van der Waals surface area contributed by atoms with E-state index in [1.807, 2.05) is 43.3 Å². The minimum absolute atomic E-state index is 0.199. The number of hydrogen-bond donors (Lipinski definition) is 1. The average Bonchev–Trinajstić information content (AvgIpc) is 3.43. The molecule has 0 aliphatic carbocycles. The van der Waals surface area contributed by atoms with E-state index in [1.165, 1.54) is 22.2 Å². The third-order valence-electron chi connectivity index (χ3n) is 5.28. The summed E-state index contributed by atoms with van der Waals surface area (Å²) < 4.78 is 6.74. The van der Waals surface area contributed by atoms with Crippen molar-refractivity contribution in [1.29, 1.82) is 0 Å². The molecule has 10 heteroatoms. The van der Waals surface area contributed by atoms with Crippen molar-refractivity contribution < 1.29 is 9.32 Å². The second kappa shape index (κ2) is 8.85. The first-order valence-corrected chi connectivity index (χ1v) is 11.5. The molecule has 0 radical (unpaired) electrons. The van der Waals surface area contributed by atoms with Crippen LogP contribution in [0.15, 0.2) is 64.2 Å². The summed E-state index contributed by atoms with van der Waals surface area (Å²) in [5.74, 6) is 0.396. The van der Waals surface area contributed by atoms with Crippen molar-refractivity contribution in [3.05, 3.63) is 81.4 Å². The summed E-state index contributed by atoms with van der Waals surface area (Å²) in [6.07, 6.45) is 1.37. The number of fused-ring (bicyclic) bond motifs is 1. The van der Waals surface area contributed by atoms with Crippen LogP contribution in [0.4, 0.5) is 5.69 Å². The number of carbonyl (C=O) groups is 1. The van der Waals surface area contributed by atoms with Gasteiger partial charge in [-0.2, -0.15) is 4.98 Å². The number of rotatable bonds is 5. The lowest BCUT2D eigenvalue weighted by Crippen LogP contribution is -2.28. The monoisotopic (exact) mass is 491 g/mol. The van der Waals surface area contributed by atoms with Crippen molar-refractivity contribution in [2.45, 2.75) is 20.4 Å². The zero-order valence-electron chi connectivity index (χ0n) is 18.2. The summed E-state index contributed by atoms with van der Waals surface area (Å²) >= 11 is 7.49. The normalized spacial score (nSPS) is 11.1. The molecule has 34 heavy (non-hydrogen) atoms. The molecule has 0 unspecified atom stereocenters. The lowest BCUT2D eigenvalue weighted by molar-refractivity contribution is -0.116. The highest BCUT2D eigenvalue weighted by molar-refractivity contribution is 7.22. The van der Waals surface area contributed by atoms with Crippen molar-refractivity contribution in [1.82, 2.24) is 19.7 Å². The van der Waals surface area contributed by atoms with Gasteiger partial charge in [-0.3, -0.25) is 14.2 Å². The zero-order chi connectivity index (χ0) is 23.8. The van der Waals surface area contributed by atoms with E-state index in [9.17, 15) is 9.59 Å². The zero-order valence-corrected chi connectivity index (χ0v) is 19.8. The van der Waals surface area contributed by atoms with Gasteiger partial charge in [-0.25, -0.2) is 4.98 Å². The van der Waals surface area contributed by atoms with Gasteiger partial charge in [0.1, 0.15) is 11.4 Å². The molecule has 0 atom stereocenters. The smallest absolute Gasteiger partial charge is 0.268 e. The van der Waals surface area contributed by atoms with E-state index in [4.69, 9.17) is 16.1 Å². The second-order valence-electron chi connectivity index (χ2n) is 7.73. The number of thiophene rings is 1. The molecule has 1 amide bonds. The Morgan fingerprint density at radius 3 is 2.74 bits per heavy atom. The van der Waals surface area contributed by atoms with Gasteiger partial charge in [0.25, 0.3) is 11.4 Å². The molecule has 0 spiro atoms. The molecule has 8 nitrogen and oxygen atoms in total. The predicted molar refractivity (Wildman–Crippen MR) is 132 cm³/mol. The molecule has 3 heterocycles. The van der Waals surface area contributed by atoms with Crippen LogP contribution in [-0.4, -0.2) is 25.6 Å². The quantitative estimate of drug-likeness (QED) is 0.367. The van der Waals surface area contributed by atoms with E-state index < -0.39 is 0 Å². The number of aromatic nitrogens is 4. The van der Waals surface area contributed by atoms with Gasteiger partial charge in [-0.15, -0.1) is 11.3 Å².